The Balaban J connectivity index is 0.831. The van der Waals surface area contributed by atoms with Gasteiger partial charge in [-0.2, -0.15) is 0 Å². The first-order valence-corrected chi connectivity index (χ1v) is 23.2. The number of nitrogens with zero attached hydrogens (tertiary/aromatic N) is 2. The highest BCUT2D eigenvalue weighted by Gasteiger charge is 2.15. The van der Waals surface area contributed by atoms with E-state index in [4.69, 9.17) is 0 Å². The van der Waals surface area contributed by atoms with Gasteiger partial charge in [0.25, 0.3) is 0 Å². The van der Waals surface area contributed by atoms with Crippen molar-refractivity contribution in [3.05, 3.63) is 291 Å². The SMILES string of the molecule is c1ccc(-c2ccc(N(c3ccccc3)c3ccc(-c4cccc(-c5cccc(-c6cccc(-c7ccc(N(c8ccccc8)c8ccc(-c9ccccc9)cc8)cc7)c6)c5)c4)cc3)cc2)cc1. The van der Waals surface area contributed by atoms with Gasteiger partial charge < -0.3 is 9.80 Å². The van der Waals surface area contributed by atoms with Gasteiger partial charge in [-0.25, -0.2) is 0 Å². The molecule has 0 atom stereocenters. The van der Waals surface area contributed by atoms with E-state index in [1.165, 1.54) is 66.8 Å². The molecule has 0 saturated carbocycles. The van der Waals surface area contributed by atoms with Gasteiger partial charge in [0.1, 0.15) is 0 Å². The first-order valence-electron chi connectivity index (χ1n) is 23.2. The van der Waals surface area contributed by atoms with Crippen LogP contribution < -0.4 is 9.80 Å². The van der Waals surface area contributed by atoms with Crippen molar-refractivity contribution < 1.29 is 0 Å². The van der Waals surface area contributed by atoms with Crippen LogP contribution in [0.2, 0.25) is 0 Å². The molecule has 11 aromatic rings. The van der Waals surface area contributed by atoms with E-state index in [1.807, 2.05) is 0 Å². The fourth-order valence-corrected chi connectivity index (χ4v) is 9.16. The minimum atomic E-state index is 1.11. The Morgan fingerprint density at radius 2 is 0.309 bits per heavy atom. The fraction of sp³-hybridized carbons (Fsp3) is 0. The van der Waals surface area contributed by atoms with Crippen LogP contribution in [0, 0.1) is 0 Å². The summed E-state index contributed by atoms with van der Waals surface area (Å²) in [5.41, 5.74) is 20.9. The molecule has 0 unspecified atom stereocenters. The van der Waals surface area contributed by atoms with Crippen LogP contribution in [-0.4, -0.2) is 0 Å². The van der Waals surface area contributed by atoms with Gasteiger partial charge in [0.2, 0.25) is 0 Å². The van der Waals surface area contributed by atoms with Gasteiger partial charge in [-0.05, 0) is 158 Å². The molecule has 0 N–H and O–H groups in total. The zero-order chi connectivity index (χ0) is 45.5. The molecule has 0 bridgehead atoms. The third-order valence-electron chi connectivity index (χ3n) is 12.7. The molecule has 0 spiro atoms. The molecule has 0 saturated heterocycles. The summed E-state index contributed by atoms with van der Waals surface area (Å²) in [6, 6.07) is 104. The minimum absolute atomic E-state index is 1.11. The molecule has 2 heteroatoms. The predicted molar refractivity (Wildman–Crippen MR) is 288 cm³/mol. The Morgan fingerprint density at radius 3 is 0.574 bits per heavy atom. The van der Waals surface area contributed by atoms with Crippen molar-refractivity contribution >= 4 is 34.1 Å². The molecule has 11 aromatic carbocycles. The summed E-state index contributed by atoms with van der Waals surface area (Å²) in [5.74, 6) is 0. The number of rotatable bonds is 12. The zero-order valence-electron chi connectivity index (χ0n) is 37.6. The van der Waals surface area contributed by atoms with E-state index in [9.17, 15) is 0 Å². The number of hydrogen-bond acceptors (Lipinski definition) is 2. The maximum absolute atomic E-state index is 2.32. The summed E-state index contributed by atoms with van der Waals surface area (Å²) >= 11 is 0. The number of para-hydroxylation sites is 2. The second kappa shape index (κ2) is 19.2. The predicted octanol–water partition coefficient (Wildman–Crippen LogP) is 18.6. The van der Waals surface area contributed by atoms with Crippen molar-refractivity contribution in [2.45, 2.75) is 0 Å². The van der Waals surface area contributed by atoms with Gasteiger partial charge in [-0.3, -0.25) is 0 Å². The molecule has 2 nitrogen and oxygen atoms in total. The van der Waals surface area contributed by atoms with Crippen LogP contribution in [0.25, 0.3) is 66.8 Å². The van der Waals surface area contributed by atoms with E-state index >= 15 is 0 Å². The normalized spacial score (nSPS) is 10.9. The van der Waals surface area contributed by atoms with Gasteiger partial charge in [-0.1, -0.05) is 200 Å². The molecule has 322 valence electrons. The molecule has 0 aliphatic rings. The lowest BCUT2D eigenvalue weighted by atomic mass is 9.94. The second-order valence-electron chi connectivity index (χ2n) is 17.0. The van der Waals surface area contributed by atoms with E-state index in [1.54, 1.807) is 0 Å². The largest absolute Gasteiger partial charge is 0.311 e. The molecule has 0 fully saturated rings. The van der Waals surface area contributed by atoms with Crippen LogP contribution in [0.1, 0.15) is 0 Å². The Labute approximate surface area is 400 Å². The lowest BCUT2D eigenvalue weighted by Crippen LogP contribution is -2.09. The summed E-state index contributed by atoms with van der Waals surface area (Å²) in [6.45, 7) is 0. The van der Waals surface area contributed by atoms with Crippen LogP contribution in [-0.2, 0) is 0 Å². The molecular formula is C66H48N2. The maximum Gasteiger partial charge on any atom is 0.0462 e. The average molecular weight is 869 g/mol. The zero-order valence-corrected chi connectivity index (χ0v) is 37.6. The number of hydrogen-bond donors (Lipinski definition) is 0. The smallest absolute Gasteiger partial charge is 0.0462 e. The first kappa shape index (κ1) is 41.7. The lowest BCUT2D eigenvalue weighted by Gasteiger charge is -2.26. The Morgan fingerprint density at radius 1 is 0.132 bits per heavy atom. The van der Waals surface area contributed by atoms with Crippen molar-refractivity contribution in [2.24, 2.45) is 0 Å². The Bertz CT molecular complexity index is 3160. The summed E-state index contributed by atoms with van der Waals surface area (Å²) < 4.78 is 0. The van der Waals surface area contributed by atoms with Crippen LogP contribution in [0.5, 0.6) is 0 Å². The molecule has 0 aromatic heterocycles. The van der Waals surface area contributed by atoms with Gasteiger partial charge in [0.05, 0.1) is 0 Å². The molecule has 0 aliphatic carbocycles. The number of anilines is 6. The Hall–Kier alpha value is -8.98. The average Bonchev–Trinajstić information content (AvgIpc) is 3.43. The highest BCUT2D eigenvalue weighted by Crippen LogP contribution is 2.39. The highest BCUT2D eigenvalue weighted by atomic mass is 15.1. The van der Waals surface area contributed by atoms with Crippen molar-refractivity contribution in [3.8, 4) is 66.8 Å². The van der Waals surface area contributed by atoms with Crippen molar-refractivity contribution in [2.75, 3.05) is 9.80 Å². The van der Waals surface area contributed by atoms with Crippen molar-refractivity contribution in [3.63, 3.8) is 0 Å². The van der Waals surface area contributed by atoms with E-state index < -0.39 is 0 Å². The molecule has 11 rings (SSSR count). The van der Waals surface area contributed by atoms with Gasteiger partial charge in [0, 0.05) is 34.1 Å². The van der Waals surface area contributed by atoms with Crippen LogP contribution >= 0.6 is 0 Å². The first-order chi connectivity index (χ1) is 33.7. The quantitative estimate of drug-likeness (QED) is 0.121. The van der Waals surface area contributed by atoms with Crippen molar-refractivity contribution in [1.82, 2.24) is 0 Å². The molecular weight excluding hydrogens is 821 g/mol. The van der Waals surface area contributed by atoms with Gasteiger partial charge >= 0.3 is 0 Å². The highest BCUT2D eigenvalue weighted by molar-refractivity contribution is 5.84. The third kappa shape index (κ3) is 9.00. The summed E-state index contributed by atoms with van der Waals surface area (Å²) in [5, 5.41) is 0. The van der Waals surface area contributed by atoms with Crippen LogP contribution in [0.4, 0.5) is 34.1 Å². The summed E-state index contributed by atoms with van der Waals surface area (Å²) in [6.07, 6.45) is 0. The Kier molecular flexibility index (Phi) is 11.8. The minimum Gasteiger partial charge on any atom is -0.311 e. The maximum atomic E-state index is 2.32. The fourth-order valence-electron chi connectivity index (χ4n) is 9.16. The van der Waals surface area contributed by atoms with E-state index in [2.05, 4.69) is 301 Å². The molecule has 68 heavy (non-hydrogen) atoms. The molecule has 0 amide bonds. The van der Waals surface area contributed by atoms with Gasteiger partial charge in [-0.15, -0.1) is 0 Å². The standard InChI is InChI=1S/C66H48N2/c1-5-16-49(17-6-1)51-30-38-63(39-31-51)67(61-26-9-3-10-27-61)65-42-34-53(35-43-65)55-20-13-22-57(46-55)59-24-15-25-60(48-59)58-23-14-21-56(47-58)54-36-44-66(45-37-54)68(62-28-11-4-12-29-62)64-40-32-52(33-41-64)50-18-7-2-8-19-50/h1-48H. The molecule has 0 radical (unpaired) electrons. The third-order valence-corrected chi connectivity index (χ3v) is 12.7. The van der Waals surface area contributed by atoms with E-state index in [0.29, 0.717) is 0 Å². The summed E-state index contributed by atoms with van der Waals surface area (Å²) in [7, 11) is 0. The van der Waals surface area contributed by atoms with Gasteiger partial charge in [0.15, 0.2) is 0 Å². The lowest BCUT2D eigenvalue weighted by molar-refractivity contribution is 1.28. The van der Waals surface area contributed by atoms with Crippen LogP contribution in [0.3, 0.4) is 0 Å². The van der Waals surface area contributed by atoms with E-state index in [0.717, 1.165) is 34.1 Å². The molecule has 0 heterocycles. The van der Waals surface area contributed by atoms with Crippen molar-refractivity contribution in [1.29, 1.82) is 0 Å². The topological polar surface area (TPSA) is 6.48 Å². The monoisotopic (exact) mass is 868 g/mol. The second-order valence-corrected chi connectivity index (χ2v) is 17.0. The van der Waals surface area contributed by atoms with Crippen LogP contribution in [0.15, 0.2) is 291 Å². The summed E-state index contributed by atoms with van der Waals surface area (Å²) in [4.78, 5) is 4.63. The number of benzene rings is 11. The molecule has 0 aliphatic heterocycles. The van der Waals surface area contributed by atoms with E-state index in [-0.39, 0.29) is 0 Å².